The number of benzene rings is 2. The molecule has 8 heteroatoms. The molecule has 2 aliphatic rings. The number of nitro groups is 1. The summed E-state index contributed by atoms with van der Waals surface area (Å²) in [5.41, 5.74) is 2.85. The topological polar surface area (TPSA) is 93.9 Å². The molecule has 2 aliphatic heterocycles. The number of nitro benzene ring substituents is 1. The number of rotatable bonds is 5. The molecule has 0 spiro atoms. The lowest BCUT2D eigenvalue weighted by molar-refractivity contribution is -0.385. The zero-order valence-corrected chi connectivity index (χ0v) is 17.2. The monoisotopic (exact) mass is 423 g/mol. The third kappa shape index (κ3) is 5.21. The fraction of sp³-hybridized carbons (Fsp3) is 0.348. The SMILES string of the molecule is O=C(/C=C/c1cc([N+](=O)[O-])cc2c1OCOC2)Nc1ccc(N2CCCCCC2)cc1. The fourth-order valence-corrected chi connectivity index (χ4v) is 3.89. The lowest BCUT2D eigenvalue weighted by Gasteiger charge is -2.22. The Kier molecular flexibility index (Phi) is 6.47. The van der Waals surface area contributed by atoms with Crippen molar-refractivity contribution in [2.24, 2.45) is 0 Å². The second kappa shape index (κ2) is 9.61. The van der Waals surface area contributed by atoms with Crippen LogP contribution in [0.3, 0.4) is 0 Å². The van der Waals surface area contributed by atoms with Gasteiger partial charge >= 0.3 is 0 Å². The molecule has 1 fully saturated rings. The molecular formula is C23H25N3O5. The van der Waals surface area contributed by atoms with Gasteiger partial charge in [-0.05, 0) is 43.2 Å². The Morgan fingerprint density at radius 3 is 2.55 bits per heavy atom. The van der Waals surface area contributed by atoms with Gasteiger partial charge in [0.15, 0.2) is 6.79 Å². The number of hydrogen-bond donors (Lipinski definition) is 1. The van der Waals surface area contributed by atoms with Crippen LogP contribution >= 0.6 is 0 Å². The molecule has 1 N–H and O–H groups in total. The first-order valence-corrected chi connectivity index (χ1v) is 10.5. The maximum absolute atomic E-state index is 12.4. The third-order valence-corrected chi connectivity index (χ3v) is 5.45. The molecule has 162 valence electrons. The van der Waals surface area contributed by atoms with Crippen molar-refractivity contribution in [1.82, 2.24) is 0 Å². The summed E-state index contributed by atoms with van der Waals surface area (Å²) in [6.45, 7) is 2.43. The first-order chi connectivity index (χ1) is 15.1. The summed E-state index contributed by atoms with van der Waals surface area (Å²) in [7, 11) is 0. The predicted molar refractivity (Wildman–Crippen MR) is 118 cm³/mol. The van der Waals surface area contributed by atoms with E-state index < -0.39 is 4.92 Å². The molecule has 8 nitrogen and oxygen atoms in total. The van der Waals surface area contributed by atoms with Gasteiger partial charge in [-0.15, -0.1) is 0 Å². The molecular weight excluding hydrogens is 398 g/mol. The van der Waals surface area contributed by atoms with Crippen molar-refractivity contribution in [1.29, 1.82) is 0 Å². The summed E-state index contributed by atoms with van der Waals surface area (Å²) in [6.07, 6.45) is 7.85. The molecule has 2 aromatic rings. The smallest absolute Gasteiger partial charge is 0.270 e. The van der Waals surface area contributed by atoms with Gasteiger partial charge in [0.05, 0.1) is 11.5 Å². The Bertz CT molecular complexity index is 979. The number of non-ortho nitro benzene ring substituents is 1. The van der Waals surface area contributed by atoms with E-state index in [0.29, 0.717) is 22.6 Å². The Morgan fingerprint density at radius 1 is 1.10 bits per heavy atom. The van der Waals surface area contributed by atoms with Gasteiger partial charge < -0.3 is 19.7 Å². The van der Waals surface area contributed by atoms with E-state index >= 15 is 0 Å². The minimum atomic E-state index is -0.474. The van der Waals surface area contributed by atoms with E-state index in [4.69, 9.17) is 9.47 Å². The number of nitrogens with zero attached hydrogens (tertiary/aromatic N) is 2. The highest BCUT2D eigenvalue weighted by Crippen LogP contribution is 2.33. The van der Waals surface area contributed by atoms with Crippen molar-refractivity contribution < 1.29 is 19.2 Å². The molecule has 0 bridgehead atoms. The summed E-state index contributed by atoms with van der Waals surface area (Å²) < 4.78 is 10.7. The van der Waals surface area contributed by atoms with Gasteiger partial charge in [-0.25, -0.2) is 0 Å². The average Bonchev–Trinajstić information content (AvgIpc) is 3.07. The van der Waals surface area contributed by atoms with Crippen LogP contribution in [0.4, 0.5) is 17.1 Å². The van der Waals surface area contributed by atoms with Crippen LogP contribution in [-0.2, 0) is 16.1 Å². The van der Waals surface area contributed by atoms with Gasteiger partial charge in [0.25, 0.3) is 5.69 Å². The highest BCUT2D eigenvalue weighted by molar-refractivity contribution is 6.02. The highest BCUT2D eigenvalue weighted by Gasteiger charge is 2.20. The lowest BCUT2D eigenvalue weighted by atomic mass is 10.1. The van der Waals surface area contributed by atoms with E-state index in [1.807, 2.05) is 24.3 Å². The molecule has 0 aliphatic carbocycles. The number of fused-ring (bicyclic) bond motifs is 1. The molecule has 4 rings (SSSR count). The van der Waals surface area contributed by atoms with E-state index in [9.17, 15) is 14.9 Å². The largest absolute Gasteiger partial charge is 0.467 e. The lowest BCUT2D eigenvalue weighted by Crippen LogP contribution is -2.23. The standard InChI is InChI=1S/C23H25N3O5/c27-22(24-19-6-8-20(9-7-19)25-11-3-1-2-4-12-25)10-5-17-13-21(26(28)29)14-18-15-30-16-31-23(17)18/h5-10,13-14H,1-4,11-12,15-16H2,(H,24,27)/b10-5+. The van der Waals surface area contributed by atoms with Crippen molar-refractivity contribution >= 4 is 29.0 Å². The number of anilines is 2. The zero-order valence-electron chi connectivity index (χ0n) is 17.2. The van der Waals surface area contributed by atoms with E-state index in [1.54, 1.807) is 0 Å². The second-order valence-electron chi connectivity index (χ2n) is 7.66. The molecule has 0 unspecified atom stereocenters. The molecule has 2 heterocycles. The Balaban J connectivity index is 1.44. The zero-order chi connectivity index (χ0) is 21.6. The summed E-state index contributed by atoms with van der Waals surface area (Å²) in [6, 6.07) is 10.6. The third-order valence-electron chi connectivity index (χ3n) is 5.45. The number of amides is 1. The average molecular weight is 423 g/mol. The molecule has 1 amide bonds. The van der Waals surface area contributed by atoms with Gasteiger partial charge in [-0.1, -0.05) is 12.8 Å². The van der Waals surface area contributed by atoms with Crippen LogP contribution < -0.4 is 15.0 Å². The van der Waals surface area contributed by atoms with Crippen molar-refractivity contribution in [3.63, 3.8) is 0 Å². The number of hydrogen-bond acceptors (Lipinski definition) is 6. The number of carbonyl (C=O) groups excluding carboxylic acids is 1. The normalized spacial score (nSPS) is 16.3. The second-order valence-corrected chi connectivity index (χ2v) is 7.66. The van der Waals surface area contributed by atoms with Crippen molar-refractivity contribution in [2.75, 3.05) is 30.1 Å². The van der Waals surface area contributed by atoms with E-state index in [0.717, 1.165) is 18.8 Å². The van der Waals surface area contributed by atoms with Crippen molar-refractivity contribution in [3.8, 4) is 5.75 Å². The minimum Gasteiger partial charge on any atom is -0.467 e. The van der Waals surface area contributed by atoms with Crippen LogP contribution in [0.1, 0.15) is 36.8 Å². The predicted octanol–water partition coefficient (Wildman–Crippen LogP) is 4.49. The van der Waals surface area contributed by atoms with Crippen molar-refractivity contribution in [3.05, 3.63) is 63.7 Å². The Morgan fingerprint density at radius 2 is 1.84 bits per heavy atom. The quantitative estimate of drug-likeness (QED) is 0.433. The van der Waals surface area contributed by atoms with Gasteiger partial charge in [0.1, 0.15) is 5.75 Å². The van der Waals surface area contributed by atoms with E-state index in [1.165, 1.54) is 50.0 Å². The van der Waals surface area contributed by atoms with Crippen LogP contribution in [0.2, 0.25) is 0 Å². The molecule has 2 aromatic carbocycles. The van der Waals surface area contributed by atoms with Gasteiger partial charge in [0, 0.05) is 53.8 Å². The number of ether oxygens (including phenoxy) is 2. The Labute approximate surface area is 180 Å². The molecule has 0 saturated carbocycles. The summed E-state index contributed by atoms with van der Waals surface area (Å²) in [5.74, 6) is 0.178. The number of carbonyl (C=O) groups is 1. The Hall–Kier alpha value is -3.39. The van der Waals surface area contributed by atoms with Gasteiger partial charge in [-0.2, -0.15) is 0 Å². The summed E-state index contributed by atoms with van der Waals surface area (Å²) >= 11 is 0. The van der Waals surface area contributed by atoms with Crippen LogP contribution in [0.15, 0.2) is 42.5 Å². The molecule has 0 aromatic heterocycles. The van der Waals surface area contributed by atoms with Crippen LogP contribution in [0.5, 0.6) is 5.75 Å². The van der Waals surface area contributed by atoms with Crippen LogP contribution in [0, 0.1) is 10.1 Å². The van der Waals surface area contributed by atoms with Crippen LogP contribution in [0.25, 0.3) is 6.08 Å². The maximum atomic E-state index is 12.4. The molecule has 0 radical (unpaired) electrons. The van der Waals surface area contributed by atoms with Gasteiger partial charge in [0.2, 0.25) is 5.91 Å². The van der Waals surface area contributed by atoms with E-state index in [-0.39, 0.29) is 25.0 Å². The van der Waals surface area contributed by atoms with Gasteiger partial charge in [-0.3, -0.25) is 14.9 Å². The highest BCUT2D eigenvalue weighted by atomic mass is 16.7. The number of nitrogens with one attached hydrogen (secondary N) is 1. The first-order valence-electron chi connectivity index (χ1n) is 10.5. The van der Waals surface area contributed by atoms with E-state index in [2.05, 4.69) is 10.2 Å². The molecule has 31 heavy (non-hydrogen) atoms. The summed E-state index contributed by atoms with van der Waals surface area (Å²) in [4.78, 5) is 25.5. The minimum absolute atomic E-state index is 0.0706. The molecule has 0 atom stereocenters. The fourth-order valence-electron chi connectivity index (χ4n) is 3.89. The maximum Gasteiger partial charge on any atom is 0.270 e. The van der Waals surface area contributed by atoms with Crippen molar-refractivity contribution in [2.45, 2.75) is 32.3 Å². The molecule has 1 saturated heterocycles. The van der Waals surface area contributed by atoms with Crippen LogP contribution in [-0.4, -0.2) is 30.7 Å². The summed E-state index contributed by atoms with van der Waals surface area (Å²) in [5, 5.41) is 14.0. The first kappa shape index (κ1) is 20.9.